The highest BCUT2D eigenvalue weighted by molar-refractivity contribution is 7.10. The fourth-order valence-corrected chi connectivity index (χ4v) is 2.54. The van der Waals surface area contributed by atoms with Crippen molar-refractivity contribution in [2.75, 3.05) is 12.4 Å². The van der Waals surface area contributed by atoms with Gasteiger partial charge in [-0.1, -0.05) is 5.16 Å². The average molecular weight is 288 g/mol. The first-order valence-corrected chi connectivity index (χ1v) is 6.74. The zero-order valence-electron chi connectivity index (χ0n) is 11.2. The van der Waals surface area contributed by atoms with Crippen molar-refractivity contribution in [3.63, 3.8) is 0 Å². The van der Waals surface area contributed by atoms with E-state index in [4.69, 9.17) is 4.52 Å². The SMILES string of the molecule is CNc1snc(C)c1-c1nc(-c2ccnc(C)n2)no1. The van der Waals surface area contributed by atoms with E-state index in [1.165, 1.54) is 11.5 Å². The summed E-state index contributed by atoms with van der Waals surface area (Å²) in [7, 11) is 1.83. The summed E-state index contributed by atoms with van der Waals surface area (Å²) in [6.07, 6.45) is 1.67. The largest absolute Gasteiger partial charge is 0.378 e. The van der Waals surface area contributed by atoms with Crippen LogP contribution in [-0.2, 0) is 0 Å². The van der Waals surface area contributed by atoms with Gasteiger partial charge in [-0.2, -0.15) is 9.36 Å². The lowest BCUT2D eigenvalue weighted by atomic mass is 10.2. The maximum absolute atomic E-state index is 5.33. The van der Waals surface area contributed by atoms with E-state index in [2.05, 4.69) is 29.8 Å². The van der Waals surface area contributed by atoms with Crippen molar-refractivity contribution in [1.29, 1.82) is 0 Å². The molecule has 0 fully saturated rings. The van der Waals surface area contributed by atoms with Gasteiger partial charge in [-0.25, -0.2) is 9.97 Å². The van der Waals surface area contributed by atoms with Gasteiger partial charge in [0.1, 0.15) is 16.5 Å². The van der Waals surface area contributed by atoms with E-state index in [1.54, 1.807) is 12.3 Å². The third kappa shape index (κ3) is 2.14. The average Bonchev–Trinajstić information content (AvgIpc) is 3.04. The maximum atomic E-state index is 5.33. The normalized spacial score (nSPS) is 10.8. The Kier molecular flexibility index (Phi) is 3.15. The third-order valence-electron chi connectivity index (χ3n) is 2.73. The fourth-order valence-electron chi connectivity index (χ4n) is 1.80. The number of rotatable bonds is 3. The Morgan fingerprint density at radius 1 is 1.25 bits per heavy atom. The number of aromatic nitrogens is 5. The molecule has 0 atom stereocenters. The molecule has 3 rings (SSSR count). The summed E-state index contributed by atoms with van der Waals surface area (Å²) in [4.78, 5) is 12.7. The molecule has 0 bridgehead atoms. The second-order valence-electron chi connectivity index (χ2n) is 4.13. The summed E-state index contributed by atoms with van der Waals surface area (Å²) in [5.74, 6) is 1.54. The van der Waals surface area contributed by atoms with Crippen LogP contribution in [0, 0.1) is 13.8 Å². The summed E-state index contributed by atoms with van der Waals surface area (Å²) in [6, 6.07) is 1.75. The Morgan fingerprint density at radius 2 is 2.10 bits per heavy atom. The highest BCUT2D eigenvalue weighted by atomic mass is 32.1. The molecule has 0 saturated carbocycles. The van der Waals surface area contributed by atoms with Crippen molar-refractivity contribution in [3.8, 4) is 23.0 Å². The molecule has 0 aliphatic heterocycles. The first-order chi connectivity index (χ1) is 9.69. The number of aryl methyl sites for hydroxylation is 2. The molecule has 3 aromatic heterocycles. The number of nitrogens with zero attached hydrogens (tertiary/aromatic N) is 5. The minimum absolute atomic E-state index is 0.437. The molecule has 8 heteroatoms. The van der Waals surface area contributed by atoms with Crippen LogP contribution in [0.1, 0.15) is 11.5 Å². The molecule has 7 nitrogen and oxygen atoms in total. The molecule has 0 unspecified atom stereocenters. The zero-order chi connectivity index (χ0) is 14.1. The van der Waals surface area contributed by atoms with Crippen LogP contribution in [0.4, 0.5) is 5.00 Å². The van der Waals surface area contributed by atoms with Gasteiger partial charge >= 0.3 is 0 Å². The predicted molar refractivity (Wildman–Crippen MR) is 75.5 cm³/mol. The van der Waals surface area contributed by atoms with Crippen molar-refractivity contribution in [1.82, 2.24) is 24.5 Å². The van der Waals surface area contributed by atoms with Gasteiger partial charge in [0.2, 0.25) is 5.82 Å². The van der Waals surface area contributed by atoms with Gasteiger partial charge in [0.15, 0.2) is 0 Å². The highest BCUT2D eigenvalue weighted by Gasteiger charge is 2.19. The molecule has 0 aliphatic rings. The molecule has 20 heavy (non-hydrogen) atoms. The summed E-state index contributed by atoms with van der Waals surface area (Å²) >= 11 is 1.36. The van der Waals surface area contributed by atoms with Crippen molar-refractivity contribution >= 4 is 16.5 Å². The second kappa shape index (κ2) is 4.97. The zero-order valence-corrected chi connectivity index (χ0v) is 12.0. The molecule has 3 heterocycles. The van der Waals surface area contributed by atoms with Crippen LogP contribution in [0.15, 0.2) is 16.8 Å². The minimum atomic E-state index is 0.437. The molecule has 0 amide bonds. The molecule has 102 valence electrons. The van der Waals surface area contributed by atoms with Gasteiger partial charge in [-0.05, 0) is 31.4 Å². The van der Waals surface area contributed by atoms with Gasteiger partial charge in [-0.3, -0.25) is 0 Å². The predicted octanol–water partition coefficient (Wildman–Crippen LogP) is 2.31. The van der Waals surface area contributed by atoms with E-state index in [0.717, 1.165) is 16.3 Å². The first kappa shape index (κ1) is 12.7. The number of hydrogen-bond donors (Lipinski definition) is 1. The standard InChI is InChI=1S/C12H12N6OS/c1-6-9(12(13-3)20-18-6)11-16-10(17-19-11)8-4-5-14-7(2)15-8/h4-5,13H,1-3H3. The van der Waals surface area contributed by atoms with Crippen molar-refractivity contribution in [3.05, 3.63) is 23.8 Å². The molecular formula is C12H12N6OS. The highest BCUT2D eigenvalue weighted by Crippen LogP contribution is 2.33. The quantitative estimate of drug-likeness (QED) is 0.790. The van der Waals surface area contributed by atoms with Crippen LogP contribution in [0.3, 0.4) is 0 Å². The van der Waals surface area contributed by atoms with E-state index >= 15 is 0 Å². The van der Waals surface area contributed by atoms with Gasteiger partial charge < -0.3 is 9.84 Å². The van der Waals surface area contributed by atoms with E-state index in [9.17, 15) is 0 Å². The Bertz CT molecular complexity index is 750. The molecule has 0 aliphatic carbocycles. The topological polar surface area (TPSA) is 89.6 Å². The number of hydrogen-bond acceptors (Lipinski definition) is 8. The lowest BCUT2D eigenvalue weighted by molar-refractivity contribution is 0.432. The molecule has 0 saturated heterocycles. The molecule has 3 aromatic rings. The Labute approximate surface area is 119 Å². The Hall–Kier alpha value is -2.35. The van der Waals surface area contributed by atoms with Gasteiger partial charge in [0.25, 0.3) is 5.89 Å². The van der Waals surface area contributed by atoms with Gasteiger partial charge in [0, 0.05) is 13.2 Å². The summed E-state index contributed by atoms with van der Waals surface area (Å²) in [5, 5.41) is 7.95. The van der Waals surface area contributed by atoms with Crippen molar-refractivity contribution in [2.24, 2.45) is 0 Å². The minimum Gasteiger partial charge on any atom is -0.378 e. The second-order valence-corrected chi connectivity index (χ2v) is 4.91. The lowest BCUT2D eigenvalue weighted by Crippen LogP contribution is -1.91. The van der Waals surface area contributed by atoms with E-state index < -0.39 is 0 Å². The van der Waals surface area contributed by atoms with Crippen molar-refractivity contribution < 1.29 is 4.52 Å². The van der Waals surface area contributed by atoms with Crippen LogP contribution in [0.5, 0.6) is 0 Å². The molecule has 0 radical (unpaired) electrons. The summed E-state index contributed by atoms with van der Waals surface area (Å²) < 4.78 is 9.62. The first-order valence-electron chi connectivity index (χ1n) is 5.97. The number of nitrogens with one attached hydrogen (secondary N) is 1. The van der Waals surface area contributed by atoms with Crippen LogP contribution >= 0.6 is 11.5 Å². The molecular weight excluding hydrogens is 276 g/mol. The maximum Gasteiger partial charge on any atom is 0.263 e. The van der Waals surface area contributed by atoms with E-state index in [1.807, 2.05) is 20.9 Å². The van der Waals surface area contributed by atoms with Crippen LogP contribution < -0.4 is 5.32 Å². The summed E-state index contributed by atoms with van der Waals surface area (Å²) in [6.45, 7) is 3.72. The third-order valence-corrected chi connectivity index (χ3v) is 3.69. The Morgan fingerprint density at radius 3 is 2.85 bits per heavy atom. The van der Waals surface area contributed by atoms with E-state index in [0.29, 0.717) is 23.2 Å². The van der Waals surface area contributed by atoms with Gasteiger partial charge in [0.05, 0.1) is 11.3 Å². The molecule has 0 aromatic carbocycles. The Balaban J connectivity index is 2.04. The monoisotopic (exact) mass is 288 g/mol. The van der Waals surface area contributed by atoms with Crippen LogP contribution in [0.25, 0.3) is 23.0 Å². The fraction of sp³-hybridized carbons (Fsp3) is 0.250. The summed E-state index contributed by atoms with van der Waals surface area (Å²) in [5.41, 5.74) is 2.33. The van der Waals surface area contributed by atoms with Crippen molar-refractivity contribution in [2.45, 2.75) is 13.8 Å². The molecule has 0 spiro atoms. The number of anilines is 1. The van der Waals surface area contributed by atoms with Crippen LogP contribution in [-0.4, -0.2) is 31.5 Å². The lowest BCUT2D eigenvalue weighted by Gasteiger charge is -1.96. The van der Waals surface area contributed by atoms with Gasteiger partial charge in [-0.15, -0.1) is 0 Å². The molecule has 1 N–H and O–H groups in total. The van der Waals surface area contributed by atoms with E-state index in [-0.39, 0.29) is 0 Å². The smallest absolute Gasteiger partial charge is 0.263 e. The van der Waals surface area contributed by atoms with Crippen LogP contribution in [0.2, 0.25) is 0 Å².